The lowest BCUT2D eigenvalue weighted by molar-refractivity contribution is 0.465. The second-order valence-corrected chi connectivity index (χ2v) is 6.80. The van der Waals surface area contributed by atoms with Gasteiger partial charge in [-0.2, -0.15) is 5.10 Å². The Bertz CT molecular complexity index is 1190. The second kappa shape index (κ2) is 7.71. The molecule has 0 saturated heterocycles. The fourth-order valence-corrected chi connectivity index (χ4v) is 3.46. The second-order valence-electron chi connectivity index (χ2n) is 6.80. The van der Waals surface area contributed by atoms with E-state index in [9.17, 15) is 4.39 Å². The molecule has 0 aliphatic rings. The summed E-state index contributed by atoms with van der Waals surface area (Å²) in [6.07, 6.45) is 5.53. The molecule has 6 nitrogen and oxygen atoms in total. The number of halogens is 1. The van der Waals surface area contributed by atoms with Gasteiger partial charge in [-0.15, -0.1) is 0 Å². The molecule has 3 heterocycles. The molecule has 3 aromatic heterocycles. The van der Waals surface area contributed by atoms with Gasteiger partial charge < -0.3 is 9.88 Å². The molecule has 0 aliphatic carbocycles. The summed E-state index contributed by atoms with van der Waals surface area (Å²) in [5.41, 5.74) is 4.98. The molecule has 0 unspecified atom stereocenters. The van der Waals surface area contributed by atoms with Gasteiger partial charge >= 0.3 is 0 Å². The number of rotatable bonds is 6. The van der Waals surface area contributed by atoms with Crippen LogP contribution in [0.25, 0.3) is 22.4 Å². The number of H-pyrrole nitrogens is 1. The van der Waals surface area contributed by atoms with Crippen molar-refractivity contribution < 1.29 is 4.39 Å². The van der Waals surface area contributed by atoms with Crippen molar-refractivity contribution in [1.82, 2.24) is 24.6 Å². The quantitative estimate of drug-likeness (QED) is 0.506. The first-order valence-electron chi connectivity index (χ1n) is 9.16. The molecule has 29 heavy (non-hydrogen) atoms. The van der Waals surface area contributed by atoms with E-state index in [1.807, 2.05) is 44.7 Å². The van der Waals surface area contributed by atoms with Crippen molar-refractivity contribution in [2.24, 2.45) is 12.0 Å². The Morgan fingerprint density at radius 3 is 2.69 bits per heavy atom. The predicted octanol–water partition coefficient (Wildman–Crippen LogP) is 4.09. The maximum absolute atomic E-state index is 13.5. The number of nitrogens with zero attached hydrogens (tertiary/aromatic N) is 5. The number of nitrogens with one attached hydrogen (secondary N) is 1. The molecular weight excluding hydrogens is 367 g/mol. The Morgan fingerprint density at radius 2 is 2.00 bits per heavy atom. The van der Waals surface area contributed by atoms with E-state index in [0.29, 0.717) is 12.2 Å². The van der Waals surface area contributed by atoms with Crippen molar-refractivity contribution >= 4 is 29.1 Å². The lowest BCUT2D eigenvalue weighted by Gasteiger charge is -2.25. The van der Waals surface area contributed by atoms with Crippen LogP contribution in [0.2, 0.25) is 0 Å². The minimum Gasteiger partial charge on any atom is -0.366 e. The van der Waals surface area contributed by atoms with Gasteiger partial charge in [0.25, 0.3) is 0 Å². The van der Waals surface area contributed by atoms with Crippen LogP contribution in [0.4, 0.5) is 4.39 Å². The van der Waals surface area contributed by atoms with Gasteiger partial charge in [-0.05, 0) is 49.2 Å². The summed E-state index contributed by atoms with van der Waals surface area (Å²) in [5, 5.41) is 5.46. The van der Waals surface area contributed by atoms with Crippen molar-refractivity contribution in [3.8, 4) is 0 Å². The van der Waals surface area contributed by atoms with Crippen molar-refractivity contribution in [3.63, 3.8) is 0 Å². The van der Waals surface area contributed by atoms with Crippen molar-refractivity contribution in [2.45, 2.75) is 6.54 Å². The number of pyridine rings is 1. The number of aromatic nitrogens is 4. The van der Waals surface area contributed by atoms with E-state index in [1.54, 1.807) is 23.0 Å². The highest BCUT2D eigenvalue weighted by molar-refractivity contribution is 5.98. The van der Waals surface area contributed by atoms with Crippen LogP contribution in [-0.2, 0) is 13.6 Å². The summed E-state index contributed by atoms with van der Waals surface area (Å²) < 4.78 is 15.3. The van der Waals surface area contributed by atoms with Crippen LogP contribution in [-0.4, -0.2) is 38.4 Å². The van der Waals surface area contributed by atoms with Gasteiger partial charge in [-0.3, -0.25) is 9.67 Å². The number of fused-ring (bicyclic) bond motifs is 1. The number of benzene rings is 1. The molecule has 4 aromatic rings. The number of aryl methyl sites for hydroxylation is 1. The van der Waals surface area contributed by atoms with Crippen LogP contribution in [0.3, 0.4) is 0 Å². The Hall–Kier alpha value is -3.74. The lowest BCUT2D eigenvalue weighted by Crippen LogP contribution is -2.18. The normalized spacial score (nSPS) is 12.1. The summed E-state index contributed by atoms with van der Waals surface area (Å²) in [4.78, 5) is 14.0. The maximum Gasteiger partial charge on any atom is 0.137 e. The van der Waals surface area contributed by atoms with Gasteiger partial charge in [0.2, 0.25) is 0 Å². The van der Waals surface area contributed by atoms with Crippen LogP contribution >= 0.6 is 0 Å². The standard InChI is InChI=1S/C22H21FN6/c1-24-20(15-4-6-16(23)7-5-15)21(28(2)14-17-10-13-29(3)27-17)18-8-11-25-22-19(18)9-12-26-22/h4-13H,1,14H2,2-3H3,(H,25,26)/b21-20-. The molecule has 0 spiro atoms. The highest BCUT2D eigenvalue weighted by Crippen LogP contribution is 2.33. The summed E-state index contributed by atoms with van der Waals surface area (Å²) in [7, 11) is 3.87. The van der Waals surface area contributed by atoms with Gasteiger partial charge in [0.1, 0.15) is 11.5 Å². The average Bonchev–Trinajstić information content (AvgIpc) is 3.35. The summed E-state index contributed by atoms with van der Waals surface area (Å²) >= 11 is 0. The minimum atomic E-state index is -0.294. The summed E-state index contributed by atoms with van der Waals surface area (Å²) in [6.45, 7) is 4.37. The maximum atomic E-state index is 13.5. The zero-order valence-electron chi connectivity index (χ0n) is 16.3. The molecule has 1 N–H and O–H groups in total. The smallest absolute Gasteiger partial charge is 0.137 e. The van der Waals surface area contributed by atoms with Crippen molar-refractivity contribution in [2.75, 3.05) is 7.05 Å². The molecular formula is C22H21FN6. The third kappa shape index (κ3) is 3.67. The Balaban J connectivity index is 1.91. The molecule has 0 bridgehead atoms. The third-order valence-electron chi connectivity index (χ3n) is 4.77. The van der Waals surface area contributed by atoms with Crippen LogP contribution in [0, 0.1) is 5.82 Å². The van der Waals surface area contributed by atoms with Crippen LogP contribution in [0.1, 0.15) is 16.8 Å². The average molecular weight is 388 g/mol. The first kappa shape index (κ1) is 18.6. The Kier molecular flexibility index (Phi) is 4.95. The van der Waals surface area contributed by atoms with Gasteiger partial charge in [-0.25, -0.2) is 9.37 Å². The molecule has 0 fully saturated rings. The molecule has 1 aromatic carbocycles. The molecule has 0 saturated carbocycles. The van der Waals surface area contributed by atoms with E-state index in [1.165, 1.54) is 12.1 Å². The van der Waals surface area contributed by atoms with Gasteiger partial charge in [0.15, 0.2) is 0 Å². The highest BCUT2D eigenvalue weighted by Gasteiger charge is 2.19. The van der Waals surface area contributed by atoms with Gasteiger partial charge in [-0.1, -0.05) is 0 Å². The first-order valence-corrected chi connectivity index (χ1v) is 9.16. The van der Waals surface area contributed by atoms with Gasteiger partial charge in [0.05, 0.1) is 23.6 Å². The minimum absolute atomic E-state index is 0.294. The van der Waals surface area contributed by atoms with E-state index in [-0.39, 0.29) is 5.82 Å². The number of hydrogen-bond acceptors (Lipinski definition) is 4. The van der Waals surface area contributed by atoms with E-state index >= 15 is 0 Å². The third-order valence-corrected chi connectivity index (χ3v) is 4.77. The fraction of sp³-hybridized carbons (Fsp3) is 0.136. The van der Waals surface area contributed by atoms with E-state index < -0.39 is 0 Å². The van der Waals surface area contributed by atoms with Crippen LogP contribution in [0.15, 0.2) is 66.0 Å². The Morgan fingerprint density at radius 1 is 1.21 bits per heavy atom. The fourth-order valence-electron chi connectivity index (χ4n) is 3.46. The lowest BCUT2D eigenvalue weighted by atomic mass is 10.0. The van der Waals surface area contributed by atoms with Crippen molar-refractivity contribution in [1.29, 1.82) is 0 Å². The van der Waals surface area contributed by atoms with E-state index in [0.717, 1.165) is 33.6 Å². The Labute approximate surface area is 168 Å². The molecule has 7 heteroatoms. The molecule has 0 aliphatic heterocycles. The number of hydrogen-bond donors (Lipinski definition) is 1. The highest BCUT2D eigenvalue weighted by atomic mass is 19.1. The van der Waals surface area contributed by atoms with E-state index in [2.05, 4.69) is 31.7 Å². The molecule has 0 atom stereocenters. The zero-order chi connectivity index (χ0) is 20.4. The van der Waals surface area contributed by atoms with E-state index in [4.69, 9.17) is 0 Å². The molecule has 0 amide bonds. The summed E-state index contributed by atoms with van der Waals surface area (Å²) in [6, 6.07) is 12.2. The zero-order valence-corrected chi connectivity index (χ0v) is 16.3. The summed E-state index contributed by atoms with van der Waals surface area (Å²) in [5.74, 6) is -0.294. The monoisotopic (exact) mass is 388 g/mol. The molecule has 0 radical (unpaired) electrons. The SMILES string of the molecule is C=N/C(=C(/c1ccnc2[nH]ccc12)N(C)Cc1ccn(C)n1)c1ccc(F)cc1. The number of aliphatic imine (C=N–C) groups is 1. The largest absolute Gasteiger partial charge is 0.366 e. The first-order chi connectivity index (χ1) is 14.1. The van der Waals surface area contributed by atoms with Crippen molar-refractivity contribution in [3.05, 3.63) is 83.7 Å². The molecule has 146 valence electrons. The predicted molar refractivity (Wildman–Crippen MR) is 114 cm³/mol. The topological polar surface area (TPSA) is 62.1 Å². The molecule has 4 rings (SSSR count). The van der Waals surface area contributed by atoms with Gasteiger partial charge in [0, 0.05) is 49.2 Å². The van der Waals surface area contributed by atoms with Crippen LogP contribution in [0.5, 0.6) is 0 Å². The van der Waals surface area contributed by atoms with Crippen LogP contribution < -0.4 is 0 Å². The number of aromatic amines is 1.